The first-order valence-electron chi connectivity index (χ1n) is 6.46. The molecule has 0 aromatic rings. The van der Waals surface area contributed by atoms with Gasteiger partial charge < -0.3 is 20.5 Å². The van der Waals surface area contributed by atoms with Crippen LogP contribution in [0.1, 0.15) is 32.6 Å². The van der Waals surface area contributed by atoms with Crippen molar-refractivity contribution in [3.8, 4) is 0 Å². The predicted octanol–water partition coefficient (Wildman–Crippen LogP) is 0.426. The fraction of sp³-hybridized carbons (Fsp3) is 0.917. The summed E-state index contributed by atoms with van der Waals surface area (Å²) in [5.74, 6) is -0.0772. The van der Waals surface area contributed by atoms with Crippen LogP contribution in [0.5, 0.6) is 0 Å². The zero-order chi connectivity index (χ0) is 12.5. The highest BCUT2D eigenvalue weighted by atomic mass is 16.5. The van der Waals surface area contributed by atoms with Gasteiger partial charge in [-0.05, 0) is 25.7 Å². The van der Waals surface area contributed by atoms with E-state index in [4.69, 9.17) is 15.2 Å². The minimum absolute atomic E-state index is 0.0772. The molecule has 1 amide bonds. The van der Waals surface area contributed by atoms with E-state index in [0.717, 1.165) is 25.9 Å². The molecular formula is C12H24N2O3. The maximum absolute atomic E-state index is 11.3. The molecule has 3 N–H and O–H groups in total. The number of carbonyl (C=O) groups is 1. The summed E-state index contributed by atoms with van der Waals surface area (Å²) in [6.07, 6.45) is 4.00. The van der Waals surface area contributed by atoms with Crippen LogP contribution in [-0.2, 0) is 14.3 Å². The molecule has 2 atom stereocenters. The van der Waals surface area contributed by atoms with Crippen LogP contribution < -0.4 is 11.1 Å². The van der Waals surface area contributed by atoms with Gasteiger partial charge >= 0.3 is 0 Å². The molecule has 1 aliphatic rings. The molecule has 0 aliphatic carbocycles. The second kappa shape index (κ2) is 8.44. The van der Waals surface area contributed by atoms with E-state index in [9.17, 15) is 4.79 Å². The molecule has 5 heteroatoms. The monoisotopic (exact) mass is 244 g/mol. The highest BCUT2D eigenvalue weighted by molar-refractivity contribution is 5.81. The zero-order valence-corrected chi connectivity index (χ0v) is 10.6. The Morgan fingerprint density at radius 3 is 3.12 bits per heavy atom. The van der Waals surface area contributed by atoms with E-state index >= 15 is 0 Å². The van der Waals surface area contributed by atoms with Gasteiger partial charge in [0, 0.05) is 19.8 Å². The van der Waals surface area contributed by atoms with Gasteiger partial charge in [0.2, 0.25) is 5.91 Å². The van der Waals surface area contributed by atoms with Crippen LogP contribution in [0.4, 0.5) is 0 Å². The average Bonchev–Trinajstić information content (AvgIpc) is 2.85. The van der Waals surface area contributed by atoms with Crippen molar-refractivity contribution >= 4 is 5.91 Å². The quantitative estimate of drug-likeness (QED) is 0.607. The summed E-state index contributed by atoms with van der Waals surface area (Å²) in [5, 5.41) is 2.79. The number of rotatable bonds is 8. The first-order valence-corrected chi connectivity index (χ1v) is 6.46. The fourth-order valence-electron chi connectivity index (χ4n) is 1.69. The first kappa shape index (κ1) is 14.4. The van der Waals surface area contributed by atoms with Gasteiger partial charge in [0.25, 0.3) is 0 Å². The summed E-state index contributed by atoms with van der Waals surface area (Å²) in [6, 6.07) is -0.386. The summed E-state index contributed by atoms with van der Waals surface area (Å²) < 4.78 is 10.9. The van der Waals surface area contributed by atoms with Gasteiger partial charge in [-0.15, -0.1) is 0 Å². The maximum atomic E-state index is 11.3. The normalized spacial score (nSPS) is 21.4. The van der Waals surface area contributed by atoms with Gasteiger partial charge in [-0.3, -0.25) is 4.79 Å². The largest absolute Gasteiger partial charge is 0.379 e. The van der Waals surface area contributed by atoms with Crippen LogP contribution in [0.25, 0.3) is 0 Å². The van der Waals surface area contributed by atoms with Crippen LogP contribution in [0.3, 0.4) is 0 Å². The molecular weight excluding hydrogens is 220 g/mol. The molecule has 1 heterocycles. The number of nitrogens with one attached hydrogen (secondary N) is 1. The zero-order valence-electron chi connectivity index (χ0n) is 10.6. The average molecular weight is 244 g/mol. The van der Waals surface area contributed by atoms with E-state index in [0.29, 0.717) is 26.2 Å². The number of amides is 1. The number of ether oxygens (including phenoxy) is 2. The summed E-state index contributed by atoms with van der Waals surface area (Å²) in [6.45, 7) is 4.70. The minimum Gasteiger partial charge on any atom is -0.379 e. The summed E-state index contributed by atoms with van der Waals surface area (Å²) in [5.41, 5.74) is 5.58. The molecule has 100 valence electrons. The maximum Gasteiger partial charge on any atom is 0.236 e. The van der Waals surface area contributed by atoms with E-state index in [-0.39, 0.29) is 18.1 Å². The van der Waals surface area contributed by atoms with Crippen molar-refractivity contribution in [2.45, 2.75) is 44.8 Å². The van der Waals surface area contributed by atoms with Gasteiger partial charge in [-0.25, -0.2) is 0 Å². The van der Waals surface area contributed by atoms with Crippen LogP contribution in [-0.4, -0.2) is 44.4 Å². The third-order valence-corrected chi connectivity index (χ3v) is 2.87. The molecule has 1 aliphatic heterocycles. The van der Waals surface area contributed by atoms with Crippen molar-refractivity contribution in [1.82, 2.24) is 5.32 Å². The molecule has 1 saturated heterocycles. The second-order valence-electron chi connectivity index (χ2n) is 4.37. The van der Waals surface area contributed by atoms with Crippen molar-refractivity contribution < 1.29 is 14.3 Å². The van der Waals surface area contributed by atoms with Crippen LogP contribution in [0.2, 0.25) is 0 Å². The van der Waals surface area contributed by atoms with Crippen LogP contribution in [0, 0.1) is 0 Å². The SMILES string of the molecule is CCC(N)C(=O)NCCCOCC1CCCO1. The van der Waals surface area contributed by atoms with E-state index in [1.165, 1.54) is 0 Å². The van der Waals surface area contributed by atoms with E-state index in [1.807, 2.05) is 6.92 Å². The Hall–Kier alpha value is -0.650. The smallest absolute Gasteiger partial charge is 0.236 e. The van der Waals surface area contributed by atoms with Gasteiger partial charge in [0.05, 0.1) is 18.8 Å². The lowest BCUT2D eigenvalue weighted by atomic mass is 10.2. The molecule has 5 nitrogen and oxygen atoms in total. The highest BCUT2D eigenvalue weighted by Gasteiger charge is 2.15. The number of hydrogen-bond donors (Lipinski definition) is 2. The first-order chi connectivity index (χ1) is 8.24. The molecule has 0 bridgehead atoms. The summed E-state index contributed by atoms with van der Waals surface area (Å²) >= 11 is 0. The standard InChI is InChI=1S/C12H24N2O3/c1-2-11(13)12(15)14-6-4-7-16-9-10-5-3-8-17-10/h10-11H,2-9,13H2,1H3,(H,14,15). The number of nitrogens with two attached hydrogens (primary N) is 1. The van der Waals surface area contributed by atoms with Crippen molar-refractivity contribution in [1.29, 1.82) is 0 Å². The van der Waals surface area contributed by atoms with Gasteiger partial charge in [-0.2, -0.15) is 0 Å². The lowest BCUT2D eigenvalue weighted by Gasteiger charge is -2.11. The van der Waals surface area contributed by atoms with Crippen LogP contribution in [0.15, 0.2) is 0 Å². The van der Waals surface area contributed by atoms with Crippen molar-refractivity contribution in [3.05, 3.63) is 0 Å². The number of hydrogen-bond acceptors (Lipinski definition) is 4. The fourth-order valence-corrected chi connectivity index (χ4v) is 1.69. The van der Waals surface area contributed by atoms with Crippen molar-refractivity contribution in [2.75, 3.05) is 26.4 Å². The third kappa shape index (κ3) is 6.00. The van der Waals surface area contributed by atoms with Crippen molar-refractivity contribution in [2.24, 2.45) is 5.73 Å². The molecule has 2 unspecified atom stereocenters. The Kier molecular flexibility index (Phi) is 7.16. The van der Waals surface area contributed by atoms with E-state index in [2.05, 4.69) is 5.32 Å². The lowest BCUT2D eigenvalue weighted by Crippen LogP contribution is -2.40. The molecule has 0 aromatic carbocycles. The Balaban J connectivity index is 1.88. The molecule has 1 rings (SSSR count). The Morgan fingerprint density at radius 2 is 2.47 bits per heavy atom. The molecule has 1 fully saturated rings. The molecule has 0 spiro atoms. The topological polar surface area (TPSA) is 73.6 Å². The molecule has 0 radical (unpaired) electrons. The van der Waals surface area contributed by atoms with Crippen LogP contribution >= 0.6 is 0 Å². The van der Waals surface area contributed by atoms with Crippen molar-refractivity contribution in [3.63, 3.8) is 0 Å². The molecule has 0 aromatic heterocycles. The molecule has 17 heavy (non-hydrogen) atoms. The predicted molar refractivity (Wildman–Crippen MR) is 65.7 cm³/mol. The van der Waals surface area contributed by atoms with Gasteiger partial charge in [-0.1, -0.05) is 6.92 Å². The third-order valence-electron chi connectivity index (χ3n) is 2.87. The highest BCUT2D eigenvalue weighted by Crippen LogP contribution is 2.11. The Bertz CT molecular complexity index is 218. The Labute approximate surface area is 103 Å². The van der Waals surface area contributed by atoms with Gasteiger partial charge in [0.1, 0.15) is 0 Å². The van der Waals surface area contributed by atoms with E-state index in [1.54, 1.807) is 0 Å². The minimum atomic E-state index is -0.386. The van der Waals surface area contributed by atoms with E-state index < -0.39 is 0 Å². The second-order valence-corrected chi connectivity index (χ2v) is 4.37. The summed E-state index contributed by atoms with van der Waals surface area (Å²) in [4.78, 5) is 11.3. The molecule has 0 saturated carbocycles. The number of carbonyl (C=O) groups excluding carboxylic acids is 1. The lowest BCUT2D eigenvalue weighted by molar-refractivity contribution is -0.122. The summed E-state index contributed by atoms with van der Waals surface area (Å²) in [7, 11) is 0. The van der Waals surface area contributed by atoms with Gasteiger partial charge in [0.15, 0.2) is 0 Å². The Morgan fingerprint density at radius 1 is 1.65 bits per heavy atom.